The summed E-state index contributed by atoms with van der Waals surface area (Å²) in [6.45, 7) is 3.58. The number of aliphatic imine (C=N–C) groups is 1. The molecule has 1 aliphatic carbocycles. The minimum Gasteiger partial charge on any atom is -0.270 e. The summed E-state index contributed by atoms with van der Waals surface area (Å²) in [6, 6.07) is 16.2. The van der Waals surface area contributed by atoms with Crippen LogP contribution >= 0.6 is 11.6 Å². The van der Waals surface area contributed by atoms with Gasteiger partial charge in [0.05, 0.1) is 11.2 Å². The van der Waals surface area contributed by atoms with Gasteiger partial charge in [0.25, 0.3) is 0 Å². The molecule has 1 heterocycles. The van der Waals surface area contributed by atoms with Crippen molar-refractivity contribution in [2.75, 3.05) is 7.05 Å². The van der Waals surface area contributed by atoms with Gasteiger partial charge in [-0.2, -0.15) is 5.10 Å². The van der Waals surface area contributed by atoms with E-state index in [0.717, 1.165) is 46.1 Å². The fourth-order valence-corrected chi connectivity index (χ4v) is 3.84. The maximum absolute atomic E-state index is 6.34. The Hall–Kier alpha value is -2.72. The largest absolute Gasteiger partial charge is 0.270 e. The minimum atomic E-state index is 0.436. The lowest BCUT2D eigenvalue weighted by atomic mass is 9.78. The van der Waals surface area contributed by atoms with E-state index in [0.29, 0.717) is 16.8 Å². The average molecular weight is 377 g/mol. The van der Waals surface area contributed by atoms with Gasteiger partial charge in [-0.05, 0) is 36.6 Å². The lowest BCUT2D eigenvalue weighted by Crippen LogP contribution is -2.25. The fourth-order valence-electron chi connectivity index (χ4n) is 3.67. The van der Waals surface area contributed by atoms with E-state index in [2.05, 4.69) is 34.4 Å². The molecule has 4 nitrogen and oxygen atoms in total. The van der Waals surface area contributed by atoms with Crippen LogP contribution in [-0.4, -0.2) is 24.6 Å². The first kappa shape index (κ1) is 17.7. The standard InChI is InChI=1S/C22H21ClN4/c1-24-22(27-25-2)20-19(14-7-4-3-5-8-14)17-13-16(23)11-12-18(17)26-21(20)15-9-6-10-15/h3-5,7-8,11-13,15H,2,6,9-10H2,1H3,(H,24,27). The van der Waals surface area contributed by atoms with Gasteiger partial charge in [0, 0.05) is 41.2 Å². The van der Waals surface area contributed by atoms with E-state index in [9.17, 15) is 0 Å². The monoisotopic (exact) mass is 376 g/mol. The topological polar surface area (TPSA) is 49.6 Å². The zero-order valence-corrected chi connectivity index (χ0v) is 16.0. The first-order valence-electron chi connectivity index (χ1n) is 9.10. The number of fused-ring (bicyclic) bond motifs is 1. The summed E-state index contributed by atoms with van der Waals surface area (Å²) in [5, 5.41) is 5.58. The van der Waals surface area contributed by atoms with Crippen LogP contribution in [0.5, 0.6) is 0 Å². The number of halogens is 1. The van der Waals surface area contributed by atoms with Crippen molar-refractivity contribution in [1.82, 2.24) is 10.4 Å². The molecule has 0 atom stereocenters. The van der Waals surface area contributed by atoms with E-state index in [1.165, 1.54) is 6.42 Å². The highest BCUT2D eigenvalue weighted by Crippen LogP contribution is 2.42. The Kier molecular flexibility index (Phi) is 4.90. The summed E-state index contributed by atoms with van der Waals surface area (Å²) in [4.78, 5) is 9.50. The SMILES string of the molecule is C=NNC(=NC)c1c(C2CCC2)nc2ccc(Cl)cc2c1-c1ccccc1. The van der Waals surface area contributed by atoms with Crippen LogP contribution in [0.2, 0.25) is 5.02 Å². The van der Waals surface area contributed by atoms with Crippen molar-refractivity contribution in [1.29, 1.82) is 0 Å². The van der Waals surface area contributed by atoms with Crippen LogP contribution in [0.25, 0.3) is 22.0 Å². The van der Waals surface area contributed by atoms with Gasteiger partial charge >= 0.3 is 0 Å². The Balaban J connectivity index is 2.13. The molecule has 1 N–H and O–H groups in total. The predicted molar refractivity (Wildman–Crippen MR) is 114 cm³/mol. The summed E-state index contributed by atoms with van der Waals surface area (Å²) in [5.74, 6) is 1.12. The molecule has 1 aromatic heterocycles. The Labute approximate surface area is 164 Å². The number of aromatic nitrogens is 1. The Bertz CT molecular complexity index is 1020. The second-order valence-corrected chi connectivity index (χ2v) is 7.18. The van der Waals surface area contributed by atoms with Crippen molar-refractivity contribution in [3.05, 3.63) is 64.8 Å². The highest BCUT2D eigenvalue weighted by molar-refractivity contribution is 6.31. The van der Waals surface area contributed by atoms with Gasteiger partial charge in [-0.1, -0.05) is 48.4 Å². The molecule has 0 saturated heterocycles. The molecule has 0 aliphatic heterocycles. The number of nitrogens with zero attached hydrogens (tertiary/aromatic N) is 3. The molecular formula is C22H21ClN4. The highest BCUT2D eigenvalue weighted by atomic mass is 35.5. The lowest BCUT2D eigenvalue weighted by molar-refractivity contribution is 0.411. The van der Waals surface area contributed by atoms with Crippen molar-refractivity contribution >= 4 is 35.1 Å². The van der Waals surface area contributed by atoms with Crippen LogP contribution in [0.4, 0.5) is 0 Å². The Morgan fingerprint density at radius 3 is 2.59 bits per heavy atom. The normalized spacial score (nSPS) is 14.8. The smallest absolute Gasteiger partial charge is 0.151 e. The van der Waals surface area contributed by atoms with Crippen molar-refractivity contribution in [2.45, 2.75) is 25.2 Å². The van der Waals surface area contributed by atoms with Gasteiger partial charge in [0.2, 0.25) is 0 Å². The molecule has 0 radical (unpaired) electrons. The molecule has 1 aliphatic rings. The van der Waals surface area contributed by atoms with Gasteiger partial charge in [-0.3, -0.25) is 15.4 Å². The number of hydrogen-bond donors (Lipinski definition) is 1. The molecule has 0 unspecified atom stereocenters. The summed E-state index contributed by atoms with van der Waals surface area (Å²) in [5.41, 5.74) is 8.19. The number of hydrazone groups is 1. The molecule has 0 amide bonds. The first-order chi connectivity index (χ1) is 13.2. The van der Waals surface area contributed by atoms with Crippen LogP contribution in [0, 0.1) is 0 Å². The molecule has 2 aromatic carbocycles. The summed E-state index contributed by atoms with van der Waals surface area (Å²) in [6.07, 6.45) is 3.52. The number of amidine groups is 1. The molecule has 4 rings (SSSR count). The first-order valence-corrected chi connectivity index (χ1v) is 9.48. The fraction of sp³-hybridized carbons (Fsp3) is 0.227. The number of pyridine rings is 1. The molecular weight excluding hydrogens is 356 g/mol. The Morgan fingerprint density at radius 2 is 1.96 bits per heavy atom. The third-order valence-corrected chi connectivity index (χ3v) is 5.41. The van der Waals surface area contributed by atoms with Gasteiger partial charge in [0.15, 0.2) is 5.84 Å². The van der Waals surface area contributed by atoms with E-state index in [-0.39, 0.29) is 0 Å². The van der Waals surface area contributed by atoms with Crippen molar-refractivity contribution in [3.8, 4) is 11.1 Å². The van der Waals surface area contributed by atoms with E-state index in [1.54, 1.807) is 7.05 Å². The van der Waals surface area contributed by atoms with Crippen LogP contribution in [0.1, 0.15) is 36.4 Å². The molecule has 5 heteroatoms. The van der Waals surface area contributed by atoms with Crippen molar-refractivity contribution in [3.63, 3.8) is 0 Å². The molecule has 1 fully saturated rings. The minimum absolute atomic E-state index is 0.436. The summed E-state index contributed by atoms with van der Waals surface area (Å²) >= 11 is 6.34. The highest BCUT2D eigenvalue weighted by Gasteiger charge is 2.29. The van der Waals surface area contributed by atoms with Crippen LogP contribution in [-0.2, 0) is 0 Å². The zero-order valence-electron chi connectivity index (χ0n) is 15.2. The maximum atomic E-state index is 6.34. The second kappa shape index (κ2) is 7.49. The van der Waals surface area contributed by atoms with Gasteiger partial charge in [-0.25, -0.2) is 0 Å². The third kappa shape index (κ3) is 3.21. The maximum Gasteiger partial charge on any atom is 0.151 e. The van der Waals surface area contributed by atoms with Crippen molar-refractivity contribution in [2.24, 2.45) is 10.1 Å². The zero-order chi connectivity index (χ0) is 18.8. The van der Waals surface area contributed by atoms with Gasteiger partial charge in [-0.15, -0.1) is 0 Å². The molecule has 1 saturated carbocycles. The molecule has 0 bridgehead atoms. The molecule has 27 heavy (non-hydrogen) atoms. The van der Waals surface area contributed by atoms with Crippen LogP contribution in [0.15, 0.2) is 58.6 Å². The summed E-state index contributed by atoms with van der Waals surface area (Å²) in [7, 11) is 1.76. The third-order valence-electron chi connectivity index (χ3n) is 5.17. The van der Waals surface area contributed by atoms with E-state index >= 15 is 0 Å². The van der Waals surface area contributed by atoms with Gasteiger partial charge < -0.3 is 0 Å². The van der Waals surface area contributed by atoms with Crippen molar-refractivity contribution < 1.29 is 0 Å². The van der Waals surface area contributed by atoms with Crippen LogP contribution in [0.3, 0.4) is 0 Å². The average Bonchev–Trinajstić information content (AvgIpc) is 2.65. The number of hydrogen-bond acceptors (Lipinski definition) is 3. The number of benzene rings is 2. The van der Waals surface area contributed by atoms with E-state index in [4.69, 9.17) is 16.6 Å². The summed E-state index contributed by atoms with van der Waals surface area (Å²) < 4.78 is 0. The lowest BCUT2D eigenvalue weighted by Gasteiger charge is -2.29. The quantitative estimate of drug-likeness (QED) is 0.376. The predicted octanol–water partition coefficient (Wildman–Crippen LogP) is 5.40. The number of rotatable bonds is 4. The second-order valence-electron chi connectivity index (χ2n) is 6.74. The number of nitrogens with one attached hydrogen (secondary N) is 1. The van der Waals surface area contributed by atoms with E-state index in [1.807, 2.05) is 36.4 Å². The van der Waals surface area contributed by atoms with E-state index < -0.39 is 0 Å². The molecule has 136 valence electrons. The van der Waals surface area contributed by atoms with Crippen LogP contribution < -0.4 is 5.43 Å². The molecule has 3 aromatic rings. The molecule has 0 spiro atoms. The van der Waals surface area contributed by atoms with Gasteiger partial charge in [0.1, 0.15) is 0 Å². The Morgan fingerprint density at radius 1 is 1.19 bits per heavy atom.